The molecule has 0 aliphatic carbocycles. The van der Waals surface area contributed by atoms with Gasteiger partial charge in [0.25, 0.3) is 0 Å². The fraction of sp³-hybridized carbons (Fsp3) is 0.647. The predicted octanol–water partition coefficient (Wildman–Crippen LogP) is 3.93. The van der Waals surface area contributed by atoms with E-state index in [2.05, 4.69) is 31.7 Å². The van der Waals surface area contributed by atoms with Gasteiger partial charge in [0.05, 0.1) is 18.0 Å². The summed E-state index contributed by atoms with van der Waals surface area (Å²) in [6.07, 6.45) is 2.48. The zero-order chi connectivity index (χ0) is 14.8. The van der Waals surface area contributed by atoms with Gasteiger partial charge in [-0.2, -0.15) is 0 Å². The maximum atomic E-state index is 6.25. The Morgan fingerprint density at radius 3 is 2.45 bits per heavy atom. The summed E-state index contributed by atoms with van der Waals surface area (Å²) in [6.45, 7) is 11.8. The van der Waals surface area contributed by atoms with E-state index in [0.717, 1.165) is 36.1 Å². The third-order valence-electron chi connectivity index (χ3n) is 4.40. The lowest BCUT2D eigenvalue weighted by Gasteiger charge is -2.40. The van der Waals surface area contributed by atoms with E-state index < -0.39 is 0 Å². The molecular formula is C17H28N2O. The van der Waals surface area contributed by atoms with E-state index in [9.17, 15) is 0 Å². The second-order valence-electron chi connectivity index (χ2n) is 6.75. The Labute approximate surface area is 123 Å². The normalized spacial score (nSPS) is 17.3. The van der Waals surface area contributed by atoms with Crippen molar-refractivity contribution in [2.45, 2.75) is 40.5 Å². The average Bonchev–Trinajstić information content (AvgIpc) is 2.41. The molecule has 1 heterocycles. The number of benzene rings is 1. The Kier molecular flexibility index (Phi) is 4.46. The van der Waals surface area contributed by atoms with Gasteiger partial charge in [0.2, 0.25) is 0 Å². The number of para-hydroxylation sites is 1. The minimum atomic E-state index is 0.408. The minimum absolute atomic E-state index is 0.408. The van der Waals surface area contributed by atoms with Crippen molar-refractivity contribution in [2.75, 3.05) is 30.3 Å². The zero-order valence-electron chi connectivity index (χ0n) is 13.3. The summed E-state index contributed by atoms with van der Waals surface area (Å²) < 4.78 is 5.59. The highest BCUT2D eigenvalue weighted by Gasteiger charge is 2.29. The molecule has 1 aliphatic heterocycles. The van der Waals surface area contributed by atoms with Gasteiger partial charge in [0.15, 0.2) is 0 Å². The lowest BCUT2D eigenvalue weighted by Crippen LogP contribution is -2.38. The number of hydrogen-bond acceptors (Lipinski definition) is 3. The monoisotopic (exact) mass is 276 g/mol. The number of nitrogens with two attached hydrogens (primary N) is 1. The number of nitrogen functional groups attached to an aromatic ring is 1. The van der Waals surface area contributed by atoms with E-state index in [4.69, 9.17) is 10.5 Å². The maximum absolute atomic E-state index is 6.25. The molecule has 1 fully saturated rings. The summed E-state index contributed by atoms with van der Waals surface area (Å²) in [6, 6.07) is 6.09. The third kappa shape index (κ3) is 3.20. The molecule has 0 aromatic heterocycles. The quantitative estimate of drug-likeness (QED) is 0.850. The molecule has 3 nitrogen and oxygen atoms in total. The van der Waals surface area contributed by atoms with Crippen LogP contribution in [0.1, 0.15) is 40.5 Å². The summed E-state index contributed by atoms with van der Waals surface area (Å²) in [5.74, 6) is 1.61. The number of rotatable bonds is 3. The molecule has 2 N–H and O–H groups in total. The highest BCUT2D eigenvalue weighted by Crippen LogP contribution is 2.38. The average molecular weight is 276 g/mol. The van der Waals surface area contributed by atoms with Gasteiger partial charge in [-0.05, 0) is 43.2 Å². The molecule has 0 bridgehead atoms. The van der Waals surface area contributed by atoms with Crippen LogP contribution in [-0.2, 0) is 0 Å². The van der Waals surface area contributed by atoms with Crippen LogP contribution < -0.4 is 15.4 Å². The van der Waals surface area contributed by atoms with E-state index in [1.165, 1.54) is 12.8 Å². The van der Waals surface area contributed by atoms with Crippen LogP contribution in [0.4, 0.5) is 11.4 Å². The van der Waals surface area contributed by atoms with Crippen molar-refractivity contribution in [3.63, 3.8) is 0 Å². The Hall–Kier alpha value is -1.38. The van der Waals surface area contributed by atoms with Crippen molar-refractivity contribution in [1.82, 2.24) is 0 Å². The standard InChI is InChI=1S/C17H28N2O/c1-5-20-15-8-6-7-14(16(15)18)19-11-9-13(10-12-19)17(2,3)4/h6-8,13H,5,9-12,18H2,1-4H3. The number of anilines is 2. The van der Waals surface area contributed by atoms with Crippen molar-refractivity contribution < 1.29 is 4.74 Å². The number of nitrogens with zero attached hydrogens (tertiary/aromatic N) is 1. The molecule has 0 unspecified atom stereocenters. The first-order chi connectivity index (χ1) is 9.43. The van der Waals surface area contributed by atoms with Crippen molar-refractivity contribution >= 4 is 11.4 Å². The Balaban J connectivity index is 2.09. The fourth-order valence-corrected chi connectivity index (χ4v) is 3.08. The molecule has 1 saturated heterocycles. The molecule has 0 radical (unpaired) electrons. The van der Waals surface area contributed by atoms with Crippen LogP contribution in [-0.4, -0.2) is 19.7 Å². The third-order valence-corrected chi connectivity index (χ3v) is 4.40. The van der Waals surface area contributed by atoms with Gasteiger partial charge in [-0.1, -0.05) is 26.8 Å². The Morgan fingerprint density at radius 2 is 1.90 bits per heavy atom. The minimum Gasteiger partial charge on any atom is -0.492 e. The molecule has 1 aliphatic rings. The lowest BCUT2D eigenvalue weighted by molar-refractivity contribution is 0.199. The van der Waals surface area contributed by atoms with E-state index in [-0.39, 0.29) is 0 Å². The number of hydrogen-bond donors (Lipinski definition) is 1. The van der Waals surface area contributed by atoms with Gasteiger partial charge >= 0.3 is 0 Å². The molecule has 0 spiro atoms. The van der Waals surface area contributed by atoms with E-state index in [0.29, 0.717) is 12.0 Å². The second kappa shape index (κ2) is 5.94. The molecule has 0 saturated carbocycles. The SMILES string of the molecule is CCOc1cccc(N2CCC(C(C)(C)C)CC2)c1N. The molecule has 1 aromatic carbocycles. The van der Waals surface area contributed by atoms with Crippen LogP contribution in [0, 0.1) is 11.3 Å². The largest absolute Gasteiger partial charge is 0.492 e. The highest BCUT2D eigenvalue weighted by atomic mass is 16.5. The molecule has 0 atom stereocenters. The van der Waals surface area contributed by atoms with Crippen molar-refractivity contribution in [3.05, 3.63) is 18.2 Å². The summed E-state index contributed by atoms with van der Waals surface area (Å²) in [4.78, 5) is 2.40. The fourth-order valence-electron chi connectivity index (χ4n) is 3.08. The van der Waals surface area contributed by atoms with Gasteiger partial charge < -0.3 is 15.4 Å². The molecule has 20 heavy (non-hydrogen) atoms. The summed E-state index contributed by atoms with van der Waals surface area (Å²) in [5.41, 5.74) is 8.57. The summed E-state index contributed by atoms with van der Waals surface area (Å²) >= 11 is 0. The van der Waals surface area contributed by atoms with Crippen LogP contribution >= 0.6 is 0 Å². The Bertz CT molecular complexity index is 443. The first-order valence-corrected chi connectivity index (χ1v) is 7.69. The zero-order valence-corrected chi connectivity index (χ0v) is 13.3. The van der Waals surface area contributed by atoms with Crippen molar-refractivity contribution in [2.24, 2.45) is 11.3 Å². The number of ether oxygens (including phenoxy) is 1. The first-order valence-electron chi connectivity index (χ1n) is 7.69. The van der Waals surface area contributed by atoms with Gasteiger partial charge in [-0.3, -0.25) is 0 Å². The highest BCUT2D eigenvalue weighted by molar-refractivity contribution is 5.74. The van der Waals surface area contributed by atoms with Gasteiger partial charge in [-0.15, -0.1) is 0 Å². The Morgan fingerprint density at radius 1 is 1.25 bits per heavy atom. The second-order valence-corrected chi connectivity index (χ2v) is 6.75. The molecule has 2 rings (SSSR count). The molecule has 112 valence electrons. The summed E-state index contributed by atoms with van der Waals surface area (Å²) in [7, 11) is 0. The van der Waals surface area contributed by atoms with Crippen LogP contribution in [0.15, 0.2) is 18.2 Å². The van der Waals surface area contributed by atoms with E-state index in [1.54, 1.807) is 0 Å². The molecule has 1 aromatic rings. The topological polar surface area (TPSA) is 38.5 Å². The first kappa shape index (κ1) is 15.0. The molecule has 3 heteroatoms. The van der Waals surface area contributed by atoms with Gasteiger partial charge in [-0.25, -0.2) is 0 Å². The van der Waals surface area contributed by atoms with Gasteiger partial charge in [0.1, 0.15) is 5.75 Å². The van der Waals surface area contributed by atoms with Crippen LogP contribution in [0.3, 0.4) is 0 Å². The van der Waals surface area contributed by atoms with Crippen LogP contribution in [0.5, 0.6) is 5.75 Å². The van der Waals surface area contributed by atoms with E-state index in [1.807, 2.05) is 19.1 Å². The molecular weight excluding hydrogens is 248 g/mol. The number of piperidine rings is 1. The molecule has 0 amide bonds. The van der Waals surface area contributed by atoms with Gasteiger partial charge in [0, 0.05) is 13.1 Å². The van der Waals surface area contributed by atoms with Crippen molar-refractivity contribution in [3.8, 4) is 5.75 Å². The smallest absolute Gasteiger partial charge is 0.144 e. The maximum Gasteiger partial charge on any atom is 0.144 e. The van der Waals surface area contributed by atoms with Crippen LogP contribution in [0.2, 0.25) is 0 Å². The summed E-state index contributed by atoms with van der Waals surface area (Å²) in [5, 5.41) is 0. The lowest BCUT2D eigenvalue weighted by atomic mass is 9.75. The van der Waals surface area contributed by atoms with Crippen LogP contribution in [0.25, 0.3) is 0 Å². The predicted molar refractivity (Wildman–Crippen MR) is 86.4 cm³/mol. The van der Waals surface area contributed by atoms with E-state index >= 15 is 0 Å². The van der Waals surface area contributed by atoms with Crippen molar-refractivity contribution in [1.29, 1.82) is 0 Å².